The Morgan fingerprint density at radius 1 is 0.882 bits per heavy atom. The van der Waals surface area contributed by atoms with Crippen molar-refractivity contribution in [3.8, 4) is 23.0 Å². The maximum absolute atomic E-state index is 14.6. The summed E-state index contributed by atoms with van der Waals surface area (Å²) in [5, 5.41) is 4.76. The van der Waals surface area contributed by atoms with E-state index in [1.54, 1.807) is 27.8 Å². The molecule has 1 atom stereocenters. The first kappa shape index (κ1) is 35.7. The average molecular weight is 708 g/mol. The molecule has 0 fully saturated rings. The van der Waals surface area contributed by atoms with E-state index in [4.69, 9.17) is 14.8 Å². The Hall–Kier alpha value is -5.10. The van der Waals surface area contributed by atoms with Gasteiger partial charge in [0.25, 0.3) is 15.9 Å². The Kier molecular flexibility index (Phi) is 9.49. The number of aromatic nitrogens is 5. The minimum Gasteiger partial charge on any atom is -0.475 e. The number of ether oxygens (including phenoxy) is 1. The van der Waals surface area contributed by atoms with E-state index >= 15 is 0 Å². The van der Waals surface area contributed by atoms with Crippen LogP contribution in [0.1, 0.15) is 80.8 Å². The molecule has 0 saturated carbocycles. The highest BCUT2D eigenvalue weighted by molar-refractivity contribution is 7.92. The molecule has 6 rings (SSSR count). The number of amides is 1. The van der Waals surface area contributed by atoms with Crippen LogP contribution >= 0.6 is 0 Å². The first-order valence-corrected chi connectivity index (χ1v) is 18.5. The molecule has 4 heterocycles. The lowest BCUT2D eigenvalue weighted by molar-refractivity contribution is 0.0509. The molecule has 5 aromatic rings. The lowest BCUT2D eigenvalue weighted by Gasteiger charge is -2.35. The highest BCUT2D eigenvalue weighted by Crippen LogP contribution is 2.32. The number of carbonyl (C=O) groups excluding carboxylic acids is 1. The topological polar surface area (TPSA) is 132 Å². The van der Waals surface area contributed by atoms with E-state index in [2.05, 4.69) is 56.2 Å². The third-order valence-corrected chi connectivity index (χ3v) is 10.1. The molecule has 0 radical (unpaired) electrons. The van der Waals surface area contributed by atoms with Crippen LogP contribution in [0.15, 0.2) is 83.9 Å². The minimum absolute atomic E-state index is 0.0862. The second kappa shape index (κ2) is 13.6. The molecule has 2 aromatic carbocycles. The Bertz CT molecular complexity index is 2180. The van der Waals surface area contributed by atoms with Gasteiger partial charge in [0.05, 0.1) is 34.6 Å². The molecule has 0 spiro atoms. The van der Waals surface area contributed by atoms with Crippen molar-refractivity contribution in [1.29, 1.82) is 0 Å². The summed E-state index contributed by atoms with van der Waals surface area (Å²) in [7, 11) is -4.19. The number of sulfonamides is 1. The van der Waals surface area contributed by atoms with Crippen LogP contribution in [0.5, 0.6) is 5.88 Å². The fraction of sp³-hybridized carbons (Fsp3) is 0.359. The summed E-state index contributed by atoms with van der Waals surface area (Å²) >= 11 is 0. The van der Waals surface area contributed by atoms with E-state index in [0.29, 0.717) is 23.6 Å². The number of aryl methyl sites for hydroxylation is 2. The van der Waals surface area contributed by atoms with Crippen molar-refractivity contribution in [3.05, 3.63) is 107 Å². The predicted octanol–water partition coefficient (Wildman–Crippen LogP) is 7.28. The van der Waals surface area contributed by atoms with Gasteiger partial charge >= 0.3 is 0 Å². The number of benzene rings is 2. The number of rotatable bonds is 5. The van der Waals surface area contributed by atoms with Crippen molar-refractivity contribution in [2.24, 2.45) is 5.41 Å². The fourth-order valence-corrected chi connectivity index (χ4v) is 7.24. The third kappa shape index (κ3) is 8.12. The van der Waals surface area contributed by atoms with E-state index in [-0.39, 0.29) is 52.2 Å². The van der Waals surface area contributed by atoms with E-state index in [9.17, 15) is 13.2 Å². The number of nitrogens with zero attached hydrogens (tertiary/aromatic N) is 6. The molecule has 266 valence electrons. The van der Waals surface area contributed by atoms with Gasteiger partial charge < -0.3 is 9.64 Å². The lowest BCUT2D eigenvalue weighted by Crippen LogP contribution is -2.45. The molecule has 3 aromatic heterocycles. The van der Waals surface area contributed by atoms with E-state index in [1.807, 2.05) is 62.5 Å². The molecule has 0 unspecified atom stereocenters. The number of anilines is 1. The van der Waals surface area contributed by atoms with Crippen LogP contribution in [-0.4, -0.2) is 56.6 Å². The van der Waals surface area contributed by atoms with Gasteiger partial charge in [-0.3, -0.25) is 4.79 Å². The van der Waals surface area contributed by atoms with Gasteiger partial charge in [0.2, 0.25) is 11.8 Å². The molecular formula is C39H45N7O4S. The van der Waals surface area contributed by atoms with E-state index in [0.717, 1.165) is 22.4 Å². The molecule has 11 nitrogen and oxygen atoms in total. The Morgan fingerprint density at radius 2 is 1.59 bits per heavy atom. The smallest absolute Gasteiger partial charge is 0.264 e. The van der Waals surface area contributed by atoms with Gasteiger partial charge in [-0.25, -0.2) is 27.8 Å². The molecule has 51 heavy (non-hydrogen) atoms. The Balaban J connectivity index is 1.46. The van der Waals surface area contributed by atoms with Crippen LogP contribution in [0.25, 0.3) is 17.1 Å². The van der Waals surface area contributed by atoms with E-state index in [1.165, 1.54) is 12.1 Å². The zero-order valence-corrected chi connectivity index (χ0v) is 31.2. The third-order valence-electron chi connectivity index (χ3n) is 8.75. The molecule has 0 aliphatic carbocycles. The van der Waals surface area contributed by atoms with Crippen molar-refractivity contribution in [3.63, 3.8) is 0 Å². The second-order valence-corrected chi connectivity index (χ2v) is 17.0. The monoisotopic (exact) mass is 707 g/mol. The number of hydrogen-bond donors (Lipinski definition) is 1. The molecular weight excluding hydrogens is 663 g/mol. The molecule has 1 aliphatic rings. The zero-order chi connectivity index (χ0) is 36.7. The van der Waals surface area contributed by atoms with Gasteiger partial charge in [0.15, 0.2) is 5.82 Å². The Morgan fingerprint density at radius 3 is 2.27 bits per heavy atom. The van der Waals surface area contributed by atoms with Crippen LogP contribution in [0.4, 0.5) is 5.95 Å². The molecule has 1 N–H and O–H groups in total. The number of pyridine rings is 1. The van der Waals surface area contributed by atoms with Crippen molar-refractivity contribution in [2.75, 3.05) is 11.3 Å². The average Bonchev–Trinajstić information content (AvgIpc) is 3.56. The van der Waals surface area contributed by atoms with Crippen LogP contribution in [0.3, 0.4) is 0 Å². The molecule has 0 saturated heterocycles. The van der Waals surface area contributed by atoms with Crippen LogP contribution in [0.2, 0.25) is 0 Å². The standard InChI is InChI=1S/C39H45N7O4S/c1-25-12-9-13-26(2)35(25)31-21-34-42-37(41-31)44-51(48,49)30-16-10-14-27(20-30)36(47)45(29(24-50-34)22-38(3,4)5)23-28-15-11-17-33(40-28)46-19-18-32(43-46)39(6,7)8/h9-21,29H,22-24H2,1-8H3,(H,41,42,44)/t29-/m1/s1. The summed E-state index contributed by atoms with van der Waals surface area (Å²) in [6.07, 6.45) is 2.46. The van der Waals surface area contributed by atoms with Crippen LogP contribution < -0.4 is 9.46 Å². The summed E-state index contributed by atoms with van der Waals surface area (Å²) in [6, 6.07) is 20.8. The normalized spacial score (nSPS) is 16.4. The molecule has 12 heteroatoms. The Labute approximate surface area is 300 Å². The van der Waals surface area contributed by atoms with Gasteiger partial charge in [-0.15, -0.1) is 0 Å². The fourth-order valence-electron chi connectivity index (χ4n) is 6.26. The van der Waals surface area contributed by atoms with Crippen LogP contribution in [-0.2, 0) is 22.0 Å². The number of hydrogen-bond acceptors (Lipinski definition) is 8. The quantitative estimate of drug-likeness (QED) is 0.202. The van der Waals surface area contributed by atoms with Crippen molar-refractivity contribution < 1.29 is 17.9 Å². The van der Waals surface area contributed by atoms with Gasteiger partial charge in [-0.1, -0.05) is 71.9 Å². The SMILES string of the molecule is Cc1cccc(C)c1-c1cc2nc(n1)NS(=O)(=O)c1cccc(c1)C(=O)N(Cc1cccc(-n3ccc(C(C)(C)C)n3)n1)[C@H](CC(C)(C)C)CO2. The predicted molar refractivity (Wildman–Crippen MR) is 197 cm³/mol. The summed E-state index contributed by atoms with van der Waals surface area (Å²) in [5.41, 5.74) is 4.79. The summed E-state index contributed by atoms with van der Waals surface area (Å²) in [5.74, 6) is 0.335. The zero-order valence-electron chi connectivity index (χ0n) is 30.4. The van der Waals surface area contributed by atoms with Gasteiger partial charge in [-0.05, 0) is 73.2 Å². The molecule has 1 aliphatic heterocycles. The second-order valence-electron chi connectivity index (χ2n) is 15.4. The maximum atomic E-state index is 14.6. The first-order valence-electron chi connectivity index (χ1n) is 17.0. The highest BCUT2D eigenvalue weighted by atomic mass is 32.2. The maximum Gasteiger partial charge on any atom is 0.264 e. The summed E-state index contributed by atoms with van der Waals surface area (Å²) in [4.78, 5) is 30.2. The van der Waals surface area contributed by atoms with Gasteiger partial charge in [0, 0.05) is 28.8 Å². The van der Waals surface area contributed by atoms with Crippen molar-refractivity contribution in [1.82, 2.24) is 29.6 Å². The molecule has 4 bridgehead atoms. The molecule has 1 amide bonds. The van der Waals surface area contributed by atoms with Crippen LogP contribution in [0, 0.1) is 19.3 Å². The lowest BCUT2D eigenvalue weighted by atomic mass is 9.87. The van der Waals surface area contributed by atoms with Gasteiger partial charge in [0.1, 0.15) is 6.61 Å². The highest BCUT2D eigenvalue weighted by Gasteiger charge is 2.32. The summed E-state index contributed by atoms with van der Waals surface area (Å²) < 4.78 is 38.2. The van der Waals surface area contributed by atoms with Crippen molar-refractivity contribution in [2.45, 2.75) is 84.7 Å². The minimum atomic E-state index is -4.19. The van der Waals surface area contributed by atoms with Crippen molar-refractivity contribution >= 4 is 21.9 Å². The number of fused-ring (bicyclic) bond motifs is 4. The number of nitrogens with one attached hydrogen (secondary N) is 1. The largest absolute Gasteiger partial charge is 0.475 e. The van der Waals surface area contributed by atoms with E-state index < -0.39 is 16.1 Å². The number of carbonyl (C=O) groups is 1. The van der Waals surface area contributed by atoms with Gasteiger partial charge in [-0.2, -0.15) is 10.1 Å². The first-order chi connectivity index (χ1) is 24.0. The summed E-state index contributed by atoms with van der Waals surface area (Å²) in [6.45, 7) is 16.8.